The van der Waals surface area contributed by atoms with Crippen molar-refractivity contribution in [1.29, 1.82) is 5.26 Å². The fraction of sp³-hybridized carbons (Fsp3) is 0.0667. The van der Waals surface area contributed by atoms with E-state index in [9.17, 15) is 14.3 Å². The molecule has 0 spiro atoms. The van der Waals surface area contributed by atoms with Gasteiger partial charge in [0, 0.05) is 12.0 Å². The van der Waals surface area contributed by atoms with E-state index in [1.54, 1.807) is 6.07 Å². The lowest BCUT2D eigenvalue weighted by Crippen LogP contribution is -2.14. The quantitative estimate of drug-likeness (QED) is 0.895. The van der Waals surface area contributed by atoms with Crippen LogP contribution >= 0.6 is 0 Å². The van der Waals surface area contributed by atoms with Gasteiger partial charge in [0.05, 0.1) is 11.6 Å². The normalized spacial score (nSPS) is 10.0. The third-order valence-corrected chi connectivity index (χ3v) is 2.93. The maximum absolute atomic E-state index is 13.3. The number of hydrogen-bond acceptors (Lipinski definition) is 3. The van der Waals surface area contributed by atoms with Gasteiger partial charge in [-0.1, -0.05) is 6.07 Å². The second kappa shape index (κ2) is 5.41. The van der Waals surface area contributed by atoms with Gasteiger partial charge < -0.3 is 10.8 Å². The van der Waals surface area contributed by atoms with Gasteiger partial charge in [0.15, 0.2) is 0 Å². The molecule has 0 saturated carbocycles. The zero-order valence-corrected chi connectivity index (χ0v) is 10.4. The van der Waals surface area contributed by atoms with E-state index in [2.05, 4.69) is 0 Å². The summed E-state index contributed by atoms with van der Waals surface area (Å²) in [6.45, 7) is 0. The predicted octanol–water partition coefficient (Wildman–Crippen LogP) is 2.09. The van der Waals surface area contributed by atoms with Gasteiger partial charge in [0.2, 0.25) is 5.91 Å². The van der Waals surface area contributed by atoms with Gasteiger partial charge in [-0.15, -0.1) is 0 Å². The highest BCUT2D eigenvalue weighted by Crippen LogP contribution is 2.23. The Morgan fingerprint density at radius 1 is 1.25 bits per heavy atom. The van der Waals surface area contributed by atoms with Crippen molar-refractivity contribution in [3.63, 3.8) is 0 Å². The summed E-state index contributed by atoms with van der Waals surface area (Å²) in [7, 11) is 0. The number of halogens is 1. The molecule has 0 heterocycles. The highest BCUT2D eigenvalue weighted by atomic mass is 19.1. The van der Waals surface area contributed by atoms with Crippen LogP contribution in [0.4, 0.5) is 4.39 Å². The lowest BCUT2D eigenvalue weighted by molar-refractivity contribution is 0.0999. The van der Waals surface area contributed by atoms with E-state index in [0.29, 0.717) is 16.7 Å². The van der Waals surface area contributed by atoms with E-state index in [1.165, 1.54) is 24.3 Å². The smallest absolute Gasteiger partial charge is 0.248 e. The molecule has 0 aromatic heterocycles. The molecule has 100 valence electrons. The van der Waals surface area contributed by atoms with E-state index in [4.69, 9.17) is 11.0 Å². The number of phenolic OH excluding ortho intramolecular Hbond substituents is 1. The number of carbonyl (C=O) groups excluding carboxylic acids is 1. The molecule has 0 unspecified atom stereocenters. The molecule has 3 N–H and O–H groups in total. The Morgan fingerprint density at radius 2 is 2.00 bits per heavy atom. The fourth-order valence-corrected chi connectivity index (χ4v) is 1.94. The molecule has 0 aliphatic carbocycles. The minimum absolute atomic E-state index is 0.0799. The Bertz CT molecular complexity index is 720. The number of benzene rings is 2. The number of amides is 1. The SMILES string of the molecule is N#Cc1ccc(Cc2cc(F)ccc2C(N)=O)c(O)c1. The molecule has 0 atom stereocenters. The maximum atomic E-state index is 13.3. The highest BCUT2D eigenvalue weighted by Gasteiger charge is 2.12. The molecule has 0 aliphatic heterocycles. The number of nitrogens with zero attached hydrogens (tertiary/aromatic N) is 1. The summed E-state index contributed by atoms with van der Waals surface area (Å²) in [4.78, 5) is 11.3. The summed E-state index contributed by atoms with van der Waals surface area (Å²) in [5.41, 5.74) is 6.63. The largest absolute Gasteiger partial charge is 0.508 e. The number of primary amides is 1. The van der Waals surface area contributed by atoms with E-state index >= 15 is 0 Å². The van der Waals surface area contributed by atoms with Crippen molar-refractivity contribution in [2.24, 2.45) is 5.73 Å². The van der Waals surface area contributed by atoms with Crippen LogP contribution in [0.5, 0.6) is 5.75 Å². The Balaban J connectivity index is 2.42. The van der Waals surface area contributed by atoms with Crippen LogP contribution in [0.25, 0.3) is 0 Å². The van der Waals surface area contributed by atoms with Crippen LogP contribution in [-0.4, -0.2) is 11.0 Å². The topological polar surface area (TPSA) is 87.1 Å². The van der Waals surface area contributed by atoms with Gasteiger partial charge in [-0.25, -0.2) is 4.39 Å². The number of rotatable bonds is 3. The van der Waals surface area contributed by atoms with Gasteiger partial charge in [0.1, 0.15) is 11.6 Å². The van der Waals surface area contributed by atoms with Crippen LogP contribution in [-0.2, 0) is 6.42 Å². The molecule has 0 aliphatic rings. The fourth-order valence-electron chi connectivity index (χ4n) is 1.94. The zero-order valence-electron chi connectivity index (χ0n) is 10.4. The number of aromatic hydroxyl groups is 1. The second-order valence-corrected chi connectivity index (χ2v) is 4.30. The van der Waals surface area contributed by atoms with Gasteiger partial charge in [-0.05, 0) is 41.5 Å². The van der Waals surface area contributed by atoms with Crippen molar-refractivity contribution in [3.05, 3.63) is 64.5 Å². The molecule has 4 nitrogen and oxygen atoms in total. The summed E-state index contributed by atoms with van der Waals surface area (Å²) in [5.74, 6) is -1.23. The highest BCUT2D eigenvalue weighted by molar-refractivity contribution is 5.94. The number of hydrogen-bond donors (Lipinski definition) is 2. The summed E-state index contributed by atoms with van der Waals surface area (Å²) in [6.07, 6.45) is 0.146. The van der Waals surface area contributed by atoms with Crippen molar-refractivity contribution in [1.82, 2.24) is 0 Å². The summed E-state index contributed by atoms with van der Waals surface area (Å²) >= 11 is 0. The van der Waals surface area contributed by atoms with E-state index in [1.807, 2.05) is 6.07 Å². The second-order valence-electron chi connectivity index (χ2n) is 4.30. The van der Waals surface area contributed by atoms with Crippen molar-refractivity contribution in [2.75, 3.05) is 0 Å². The number of nitriles is 1. The van der Waals surface area contributed by atoms with Crippen molar-refractivity contribution in [2.45, 2.75) is 6.42 Å². The first-order valence-corrected chi connectivity index (χ1v) is 5.81. The van der Waals surface area contributed by atoms with E-state index < -0.39 is 11.7 Å². The van der Waals surface area contributed by atoms with Crippen molar-refractivity contribution < 1.29 is 14.3 Å². The van der Waals surface area contributed by atoms with E-state index in [0.717, 1.165) is 6.07 Å². The minimum Gasteiger partial charge on any atom is -0.508 e. The predicted molar refractivity (Wildman–Crippen MR) is 70.5 cm³/mol. The monoisotopic (exact) mass is 270 g/mol. The van der Waals surface area contributed by atoms with Crippen LogP contribution in [0.1, 0.15) is 27.0 Å². The molecular weight excluding hydrogens is 259 g/mol. The molecular formula is C15H11FN2O2. The number of phenols is 1. The molecule has 0 saturated heterocycles. The van der Waals surface area contributed by atoms with Crippen molar-refractivity contribution >= 4 is 5.91 Å². The third kappa shape index (κ3) is 2.75. The average Bonchev–Trinajstić information content (AvgIpc) is 2.40. The Hall–Kier alpha value is -2.87. The molecule has 20 heavy (non-hydrogen) atoms. The lowest BCUT2D eigenvalue weighted by atomic mass is 9.98. The van der Waals surface area contributed by atoms with E-state index in [-0.39, 0.29) is 17.7 Å². The Labute approximate surface area is 114 Å². The van der Waals surface area contributed by atoms with Crippen LogP contribution in [0.3, 0.4) is 0 Å². The van der Waals surface area contributed by atoms with Crippen LogP contribution < -0.4 is 5.73 Å². The molecule has 5 heteroatoms. The summed E-state index contributed by atoms with van der Waals surface area (Å²) < 4.78 is 13.3. The molecule has 1 amide bonds. The number of nitrogens with two attached hydrogens (primary N) is 1. The average molecular weight is 270 g/mol. The summed E-state index contributed by atoms with van der Waals surface area (Å²) in [6, 6.07) is 9.99. The van der Waals surface area contributed by atoms with Gasteiger partial charge in [0.25, 0.3) is 0 Å². The lowest BCUT2D eigenvalue weighted by Gasteiger charge is -2.09. The molecule has 2 aromatic rings. The molecule has 2 rings (SSSR count). The number of carbonyl (C=O) groups is 1. The first-order valence-electron chi connectivity index (χ1n) is 5.81. The van der Waals surface area contributed by atoms with Crippen molar-refractivity contribution in [3.8, 4) is 11.8 Å². The Morgan fingerprint density at radius 3 is 2.60 bits per heavy atom. The third-order valence-electron chi connectivity index (χ3n) is 2.93. The zero-order chi connectivity index (χ0) is 14.7. The molecule has 0 radical (unpaired) electrons. The maximum Gasteiger partial charge on any atom is 0.248 e. The van der Waals surface area contributed by atoms with Gasteiger partial charge in [-0.2, -0.15) is 5.26 Å². The summed E-state index contributed by atoms with van der Waals surface area (Å²) in [5, 5.41) is 18.5. The van der Waals surface area contributed by atoms with Gasteiger partial charge >= 0.3 is 0 Å². The standard InChI is InChI=1S/C15H11FN2O2/c16-12-3-4-13(15(18)20)11(7-12)6-10-2-1-9(8-17)5-14(10)19/h1-5,7,19H,6H2,(H2,18,20). The van der Waals surface area contributed by atoms with Gasteiger partial charge in [-0.3, -0.25) is 4.79 Å². The molecule has 0 fully saturated rings. The van der Waals surface area contributed by atoms with Crippen LogP contribution in [0.15, 0.2) is 36.4 Å². The van der Waals surface area contributed by atoms with Crippen LogP contribution in [0.2, 0.25) is 0 Å². The first kappa shape index (κ1) is 13.6. The Kier molecular flexibility index (Phi) is 3.67. The molecule has 2 aromatic carbocycles. The minimum atomic E-state index is -0.659. The first-order chi connectivity index (χ1) is 9.51. The van der Waals surface area contributed by atoms with Crippen LogP contribution in [0, 0.1) is 17.1 Å². The molecule has 0 bridgehead atoms.